The van der Waals surface area contributed by atoms with Crippen LogP contribution in [-0.4, -0.2) is 26.3 Å². The van der Waals surface area contributed by atoms with E-state index < -0.39 is 0 Å². The van der Waals surface area contributed by atoms with E-state index in [1.54, 1.807) is 10.9 Å². The van der Waals surface area contributed by atoms with Crippen LogP contribution in [0, 0.1) is 0 Å². The van der Waals surface area contributed by atoms with Gasteiger partial charge in [-0.25, -0.2) is 9.97 Å². The quantitative estimate of drug-likeness (QED) is 0.865. The van der Waals surface area contributed by atoms with Crippen molar-refractivity contribution in [3.05, 3.63) is 24.3 Å². The Morgan fingerprint density at radius 3 is 2.79 bits per heavy atom. The standard InChI is InChI=1S/C13H19N5O/c1-4-6-11-12(14-5-2)15-9-16-13(11)19-10-7-17-18(3)8-10/h7-9H,4-6H2,1-3H3,(H,14,15,16). The molecule has 2 rings (SSSR count). The van der Waals surface area contributed by atoms with Crippen LogP contribution < -0.4 is 10.1 Å². The van der Waals surface area contributed by atoms with E-state index in [2.05, 4.69) is 27.3 Å². The van der Waals surface area contributed by atoms with Crippen molar-refractivity contribution in [1.29, 1.82) is 0 Å². The summed E-state index contributed by atoms with van der Waals surface area (Å²) in [5.74, 6) is 2.13. The molecule has 6 heteroatoms. The van der Waals surface area contributed by atoms with Gasteiger partial charge in [0.05, 0.1) is 18.0 Å². The summed E-state index contributed by atoms with van der Waals surface area (Å²) in [7, 11) is 1.85. The second kappa shape index (κ2) is 6.17. The van der Waals surface area contributed by atoms with E-state index in [9.17, 15) is 0 Å². The molecule has 0 spiro atoms. The molecule has 6 nitrogen and oxygen atoms in total. The largest absolute Gasteiger partial charge is 0.435 e. The molecule has 0 fully saturated rings. The highest BCUT2D eigenvalue weighted by Gasteiger charge is 2.13. The molecule has 0 aliphatic rings. The number of anilines is 1. The molecule has 0 bridgehead atoms. The van der Waals surface area contributed by atoms with Crippen molar-refractivity contribution < 1.29 is 4.74 Å². The second-order valence-electron chi connectivity index (χ2n) is 4.24. The zero-order chi connectivity index (χ0) is 13.7. The van der Waals surface area contributed by atoms with Gasteiger partial charge in [-0.3, -0.25) is 4.68 Å². The number of rotatable bonds is 6. The third kappa shape index (κ3) is 3.21. The molecule has 1 N–H and O–H groups in total. The van der Waals surface area contributed by atoms with Crippen LogP contribution in [0.4, 0.5) is 5.82 Å². The Bertz CT molecular complexity index is 538. The average Bonchev–Trinajstić information content (AvgIpc) is 2.79. The van der Waals surface area contributed by atoms with Gasteiger partial charge in [0, 0.05) is 13.6 Å². The third-order valence-electron chi connectivity index (χ3n) is 2.65. The summed E-state index contributed by atoms with van der Waals surface area (Å²) in [5.41, 5.74) is 1.01. The molecule has 2 aromatic heterocycles. The molecule has 0 unspecified atom stereocenters. The summed E-state index contributed by atoms with van der Waals surface area (Å²) in [4.78, 5) is 8.51. The zero-order valence-corrected chi connectivity index (χ0v) is 11.6. The van der Waals surface area contributed by atoms with E-state index in [0.717, 1.165) is 30.8 Å². The zero-order valence-electron chi connectivity index (χ0n) is 11.6. The van der Waals surface area contributed by atoms with E-state index in [-0.39, 0.29) is 0 Å². The van der Waals surface area contributed by atoms with Gasteiger partial charge in [0.1, 0.15) is 12.1 Å². The highest BCUT2D eigenvalue weighted by atomic mass is 16.5. The molecule has 0 atom stereocenters. The Balaban J connectivity index is 2.29. The van der Waals surface area contributed by atoms with Crippen molar-refractivity contribution >= 4 is 5.82 Å². The van der Waals surface area contributed by atoms with Crippen LogP contribution in [0.2, 0.25) is 0 Å². The van der Waals surface area contributed by atoms with Crippen LogP contribution in [0.1, 0.15) is 25.8 Å². The first-order chi connectivity index (χ1) is 9.24. The van der Waals surface area contributed by atoms with Crippen LogP contribution in [0.3, 0.4) is 0 Å². The maximum absolute atomic E-state index is 5.80. The summed E-state index contributed by atoms with van der Waals surface area (Å²) < 4.78 is 7.49. The SMILES string of the molecule is CCCc1c(NCC)ncnc1Oc1cnn(C)c1. The lowest BCUT2D eigenvalue weighted by Gasteiger charge is -2.12. The minimum atomic E-state index is 0.598. The van der Waals surface area contributed by atoms with Crippen LogP contribution in [0.25, 0.3) is 0 Å². The molecule has 0 radical (unpaired) electrons. The van der Waals surface area contributed by atoms with E-state index in [1.807, 2.05) is 20.2 Å². The summed E-state index contributed by atoms with van der Waals surface area (Å²) in [6.07, 6.45) is 6.88. The van der Waals surface area contributed by atoms with Crippen molar-refractivity contribution in [3.8, 4) is 11.6 Å². The normalized spacial score (nSPS) is 10.5. The molecule has 102 valence electrons. The molecule has 0 aliphatic heterocycles. The Hall–Kier alpha value is -2.11. The molecule has 19 heavy (non-hydrogen) atoms. The van der Waals surface area contributed by atoms with Gasteiger partial charge >= 0.3 is 0 Å². The Morgan fingerprint density at radius 1 is 1.32 bits per heavy atom. The van der Waals surface area contributed by atoms with Crippen molar-refractivity contribution in [2.24, 2.45) is 7.05 Å². The minimum Gasteiger partial charge on any atom is -0.435 e. The van der Waals surface area contributed by atoms with Crippen LogP contribution in [-0.2, 0) is 13.5 Å². The second-order valence-corrected chi connectivity index (χ2v) is 4.24. The minimum absolute atomic E-state index is 0.598. The first-order valence-corrected chi connectivity index (χ1v) is 6.48. The Morgan fingerprint density at radius 2 is 2.16 bits per heavy atom. The van der Waals surface area contributed by atoms with Crippen LogP contribution in [0.5, 0.6) is 11.6 Å². The number of hydrogen-bond donors (Lipinski definition) is 1. The highest BCUT2D eigenvalue weighted by molar-refractivity contribution is 5.49. The number of aromatic nitrogens is 4. The lowest BCUT2D eigenvalue weighted by Crippen LogP contribution is -2.06. The smallest absolute Gasteiger partial charge is 0.227 e. The van der Waals surface area contributed by atoms with Crippen molar-refractivity contribution in [2.75, 3.05) is 11.9 Å². The molecular weight excluding hydrogens is 242 g/mol. The third-order valence-corrected chi connectivity index (χ3v) is 2.65. The first kappa shape index (κ1) is 13.3. The van der Waals surface area contributed by atoms with Gasteiger partial charge in [-0.05, 0) is 13.3 Å². The van der Waals surface area contributed by atoms with E-state index in [0.29, 0.717) is 11.6 Å². The monoisotopic (exact) mass is 261 g/mol. The van der Waals surface area contributed by atoms with E-state index >= 15 is 0 Å². The van der Waals surface area contributed by atoms with Crippen LogP contribution in [0.15, 0.2) is 18.7 Å². The molecule has 0 saturated carbocycles. The fourth-order valence-electron chi connectivity index (χ4n) is 1.84. The van der Waals surface area contributed by atoms with Gasteiger partial charge < -0.3 is 10.1 Å². The summed E-state index contributed by atoms with van der Waals surface area (Å²) >= 11 is 0. The summed E-state index contributed by atoms with van der Waals surface area (Å²) in [6.45, 7) is 4.98. The fourth-order valence-corrected chi connectivity index (χ4v) is 1.84. The fraction of sp³-hybridized carbons (Fsp3) is 0.462. The van der Waals surface area contributed by atoms with E-state index in [1.165, 1.54) is 6.33 Å². The molecule has 0 amide bonds. The summed E-state index contributed by atoms with van der Waals surface area (Å²) in [6, 6.07) is 0. The number of nitrogens with one attached hydrogen (secondary N) is 1. The lowest BCUT2D eigenvalue weighted by molar-refractivity contribution is 0.454. The topological polar surface area (TPSA) is 64.9 Å². The number of ether oxygens (including phenoxy) is 1. The van der Waals surface area contributed by atoms with Gasteiger partial charge in [0.25, 0.3) is 0 Å². The predicted molar refractivity (Wildman–Crippen MR) is 73.5 cm³/mol. The van der Waals surface area contributed by atoms with Gasteiger partial charge in [0.2, 0.25) is 5.88 Å². The Kier molecular flexibility index (Phi) is 4.33. The number of hydrogen-bond acceptors (Lipinski definition) is 5. The molecule has 2 aromatic rings. The van der Waals surface area contributed by atoms with Gasteiger partial charge in [0.15, 0.2) is 5.75 Å². The molecule has 2 heterocycles. The highest BCUT2D eigenvalue weighted by Crippen LogP contribution is 2.27. The van der Waals surface area contributed by atoms with Crippen molar-refractivity contribution in [2.45, 2.75) is 26.7 Å². The number of nitrogens with zero attached hydrogens (tertiary/aromatic N) is 4. The maximum Gasteiger partial charge on any atom is 0.227 e. The maximum atomic E-state index is 5.80. The molecule has 0 aromatic carbocycles. The van der Waals surface area contributed by atoms with Crippen LogP contribution >= 0.6 is 0 Å². The Labute approximate surface area is 112 Å². The van der Waals surface area contributed by atoms with Gasteiger partial charge in [-0.2, -0.15) is 5.10 Å². The molecule has 0 saturated heterocycles. The molecule has 0 aliphatic carbocycles. The molecular formula is C13H19N5O. The summed E-state index contributed by atoms with van der Waals surface area (Å²) in [5, 5.41) is 7.32. The predicted octanol–water partition coefficient (Wildman–Crippen LogP) is 2.39. The van der Waals surface area contributed by atoms with Crippen molar-refractivity contribution in [3.63, 3.8) is 0 Å². The van der Waals surface area contributed by atoms with Gasteiger partial charge in [-0.1, -0.05) is 13.3 Å². The first-order valence-electron chi connectivity index (χ1n) is 6.48. The van der Waals surface area contributed by atoms with Gasteiger partial charge in [-0.15, -0.1) is 0 Å². The average molecular weight is 261 g/mol. The number of aryl methyl sites for hydroxylation is 1. The van der Waals surface area contributed by atoms with Crippen molar-refractivity contribution in [1.82, 2.24) is 19.7 Å². The lowest BCUT2D eigenvalue weighted by atomic mass is 10.1. The van der Waals surface area contributed by atoms with E-state index in [4.69, 9.17) is 4.74 Å².